The molecule has 1 amide bonds. The van der Waals surface area contributed by atoms with Gasteiger partial charge in [-0.1, -0.05) is 301 Å². The van der Waals surface area contributed by atoms with Crippen LogP contribution in [0.2, 0.25) is 0 Å². The number of unbranched alkanes of at least 4 members (excludes halogenated alkanes) is 47. The first kappa shape index (κ1) is 72.1. The lowest BCUT2D eigenvalue weighted by molar-refractivity contribution is -0.143. The van der Waals surface area contributed by atoms with Crippen LogP contribution in [0.4, 0.5) is 0 Å². The van der Waals surface area contributed by atoms with Crippen LogP contribution in [0.3, 0.4) is 0 Å². The molecule has 2 unspecified atom stereocenters. The zero-order chi connectivity index (χ0) is 53.6. The topological polar surface area (TPSA) is 95.9 Å². The highest BCUT2D eigenvalue weighted by atomic mass is 16.5. The highest BCUT2D eigenvalue weighted by Crippen LogP contribution is 2.17. The molecular weight excluding hydrogens is 911 g/mol. The summed E-state index contributed by atoms with van der Waals surface area (Å²) in [5.41, 5.74) is 0. The van der Waals surface area contributed by atoms with E-state index in [0.717, 1.165) is 44.9 Å². The number of hydrogen-bond acceptors (Lipinski definition) is 5. The lowest BCUT2D eigenvalue weighted by Gasteiger charge is -2.20. The van der Waals surface area contributed by atoms with Gasteiger partial charge >= 0.3 is 5.97 Å². The van der Waals surface area contributed by atoms with Gasteiger partial charge in [0, 0.05) is 12.8 Å². The molecule has 3 N–H and O–H groups in total. The number of carbonyl (C=O) groups is 2. The molecule has 0 aromatic carbocycles. The Kier molecular flexibility index (Phi) is 62.0. The smallest absolute Gasteiger partial charge is 0.305 e. The molecule has 436 valence electrons. The molecule has 6 nitrogen and oxygen atoms in total. The van der Waals surface area contributed by atoms with Gasteiger partial charge in [-0.2, -0.15) is 0 Å². The Bertz CT molecular complexity index is 1200. The van der Waals surface area contributed by atoms with Crippen molar-refractivity contribution in [3.05, 3.63) is 36.5 Å². The molecule has 0 heterocycles. The van der Waals surface area contributed by atoms with Gasteiger partial charge in [0.15, 0.2) is 0 Å². The fraction of sp³-hybridized carbons (Fsp3) is 0.882. The summed E-state index contributed by atoms with van der Waals surface area (Å²) in [4.78, 5) is 24.5. The summed E-state index contributed by atoms with van der Waals surface area (Å²) < 4.78 is 5.49. The Balaban J connectivity index is 3.41. The second-order valence-electron chi connectivity index (χ2n) is 22.8. The maximum absolute atomic E-state index is 12.5. The number of rotatable bonds is 62. The van der Waals surface area contributed by atoms with Crippen molar-refractivity contribution in [2.75, 3.05) is 13.2 Å². The molecule has 0 rings (SSSR count). The van der Waals surface area contributed by atoms with E-state index in [2.05, 4.69) is 43.5 Å². The zero-order valence-electron chi connectivity index (χ0n) is 49.8. The Morgan fingerprint density at radius 2 is 0.635 bits per heavy atom. The van der Waals surface area contributed by atoms with Crippen molar-refractivity contribution in [1.29, 1.82) is 0 Å². The summed E-state index contributed by atoms with van der Waals surface area (Å²) in [7, 11) is 0. The Morgan fingerprint density at radius 1 is 0.365 bits per heavy atom. The largest absolute Gasteiger partial charge is 0.466 e. The molecule has 2 atom stereocenters. The van der Waals surface area contributed by atoms with Gasteiger partial charge in [0.2, 0.25) is 5.91 Å². The fourth-order valence-corrected chi connectivity index (χ4v) is 10.3. The molecule has 0 spiro atoms. The summed E-state index contributed by atoms with van der Waals surface area (Å²) in [5, 5.41) is 23.2. The maximum atomic E-state index is 12.5. The summed E-state index contributed by atoms with van der Waals surface area (Å²) in [5.74, 6) is -0.0618. The maximum Gasteiger partial charge on any atom is 0.305 e. The summed E-state index contributed by atoms with van der Waals surface area (Å²) in [6.07, 6.45) is 80.6. The number of hydrogen-bond donors (Lipinski definition) is 3. The molecule has 0 aliphatic rings. The van der Waals surface area contributed by atoms with Crippen LogP contribution in [0.5, 0.6) is 0 Å². The highest BCUT2D eigenvalue weighted by Gasteiger charge is 2.18. The van der Waals surface area contributed by atoms with Crippen LogP contribution in [0, 0.1) is 0 Å². The summed E-state index contributed by atoms with van der Waals surface area (Å²) in [6, 6.07) is -0.629. The molecule has 0 aliphatic heterocycles. The van der Waals surface area contributed by atoms with E-state index in [-0.39, 0.29) is 18.5 Å². The van der Waals surface area contributed by atoms with E-state index >= 15 is 0 Å². The van der Waals surface area contributed by atoms with Gasteiger partial charge in [-0.3, -0.25) is 9.59 Å². The highest BCUT2D eigenvalue weighted by molar-refractivity contribution is 5.76. The lowest BCUT2D eigenvalue weighted by atomic mass is 10.0. The van der Waals surface area contributed by atoms with Crippen LogP contribution >= 0.6 is 0 Å². The first-order chi connectivity index (χ1) is 36.5. The molecule has 0 saturated carbocycles. The summed E-state index contributed by atoms with van der Waals surface area (Å²) >= 11 is 0. The number of aliphatic hydroxyl groups excluding tert-OH is 2. The molecule has 0 saturated heterocycles. The van der Waals surface area contributed by atoms with Crippen molar-refractivity contribution in [3.63, 3.8) is 0 Å². The molecule has 0 fully saturated rings. The minimum Gasteiger partial charge on any atom is -0.466 e. The van der Waals surface area contributed by atoms with Crippen LogP contribution in [0.25, 0.3) is 0 Å². The monoisotopic (exact) mass is 1040 g/mol. The van der Waals surface area contributed by atoms with Gasteiger partial charge in [0.25, 0.3) is 0 Å². The first-order valence-electron chi connectivity index (χ1n) is 33.3. The average molecular weight is 1040 g/mol. The molecule has 0 aromatic rings. The Morgan fingerprint density at radius 3 is 0.959 bits per heavy atom. The van der Waals surface area contributed by atoms with Gasteiger partial charge in [-0.05, 0) is 83.5 Å². The van der Waals surface area contributed by atoms with E-state index in [1.54, 1.807) is 6.08 Å². The molecule has 0 aliphatic carbocycles. The Labute approximate surface area is 462 Å². The number of esters is 1. The van der Waals surface area contributed by atoms with Crippen molar-refractivity contribution in [2.24, 2.45) is 0 Å². The average Bonchev–Trinajstić information content (AvgIpc) is 3.40. The van der Waals surface area contributed by atoms with Gasteiger partial charge < -0.3 is 20.3 Å². The van der Waals surface area contributed by atoms with Crippen molar-refractivity contribution >= 4 is 11.9 Å². The van der Waals surface area contributed by atoms with Crippen molar-refractivity contribution in [2.45, 2.75) is 373 Å². The van der Waals surface area contributed by atoms with Crippen molar-refractivity contribution in [1.82, 2.24) is 5.32 Å². The van der Waals surface area contributed by atoms with E-state index in [4.69, 9.17) is 4.74 Å². The standard InChI is InChI=1S/C68H129NO5/c1-3-5-7-9-11-13-15-17-19-33-36-40-44-48-52-56-60-66(71)65(64-70)69-67(72)61-57-53-49-45-41-37-34-30-28-26-24-22-20-21-23-25-27-29-31-35-39-43-47-51-55-59-63-74-68(73)62-58-54-50-46-42-38-32-18-16-14-12-10-8-6-4-2/h18,20,22,32,56,60,65-66,70-71H,3-17,19,21,23-31,33-55,57-59,61-64H2,1-2H3,(H,69,72)/b22-20-,32-18-,60-56+. The van der Waals surface area contributed by atoms with Gasteiger partial charge in [-0.15, -0.1) is 0 Å². The third kappa shape index (κ3) is 59.3. The van der Waals surface area contributed by atoms with Gasteiger partial charge in [-0.25, -0.2) is 0 Å². The number of allylic oxidation sites excluding steroid dienone is 5. The second kappa shape index (κ2) is 63.6. The van der Waals surface area contributed by atoms with E-state index < -0.39 is 12.1 Å². The molecule has 0 aromatic heterocycles. The number of amides is 1. The number of aliphatic hydroxyl groups is 2. The SMILES string of the molecule is CCCCCCCC/C=C\CCCCCCCC(=O)OCCCCCCCCCCCCCC/C=C\CCCCCCCCCCCCC(=O)NC(CO)C(O)/C=C/CCCCCCCCCCCCCCCC. The van der Waals surface area contributed by atoms with E-state index in [1.807, 2.05) is 6.08 Å². The zero-order valence-corrected chi connectivity index (χ0v) is 49.8. The number of nitrogens with one attached hydrogen (secondary N) is 1. The van der Waals surface area contributed by atoms with Crippen LogP contribution in [0.15, 0.2) is 36.5 Å². The lowest BCUT2D eigenvalue weighted by Crippen LogP contribution is -2.45. The predicted octanol–water partition coefficient (Wildman–Crippen LogP) is 21.1. The van der Waals surface area contributed by atoms with Gasteiger partial charge in [0.05, 0.1) is 25.4 Å². The van der Waals surface area contributed by atoms with Crippen LogP contribution < -0.4 is 5.32 Å². The molecule has 74 heavy (non-hydrogen) atoms. The first-order valence-corrected chi connectivity index (χ1v) is 33.3. The Hall–Kier alpha value is -1.92. The van der Waals surface area contributed by atoms with Crippen molar-refractivity contribution in [3.8, 4) is 0 Å². The van der Waals surface area contributed by atoms with Crippen molar-refractivity contribution < 1.29 is 24.5 Å². The van der Waals surface area contributed by atoms with E-state index in [1.165, 1.54) is 289 Å². The normalized spacial score (nSPS) is 12.8. The molecular formula is C68H129NO5. The van der Waals surface area contributed by atoms with Crippen LogP contribution in [-0.4, -0.2) is 47.4 Å². The van der Waals surface area contributed by atoms with Crippen LogP contribution in [0.1, 0.15) is 361 Å². The second-order valence-corrected chi connectivity index (χ2v) is 22.8. The minimum atomic E-state index is -0.846. The number of ether oxygens (including phenoxy) is 1. The van der Waals surface area contributed by atoms with E-state index in [9.17, 15) is 19.8 Å². The quantitative estimate of drug-likeness (QED) is 0.0320. The molecule has 6 heteroatoms. The van der Waals surface area contributed by atoms with E-state index in [0.29, 0.717) is 19.4 Å². The molecule has 0 bridgehead atoms. The fourth-order valence-electron chi connectivity index (χ4n) is 10.3. The van der Waals surface area contributed by atoms with Crippen LogP contribution in [-0.2, 0) is 14.3 Å². The molecule has 0 radical (unpaired) electrons. The number of carbonyl (C=O) groups excluding carboxylic acids is 2. The third-order valence-electron chi connectivity index (χ3n) is 15.4. The predicted molar refractivity (Wildman–Crippen MR) is 324 cm³/mol. The third-order valence-corrected chi connectivity index (χ3v) is 15.4. The summed E-state index contributed by atoms with van der Waals surface area (Å²) in [6.45, 7) is 4.92. The van der Waals surface area contributed by atoms with Gasteiger partial charge in [0.1, 0.15) is 0 Å². The minimum absolute atomic E-state index is 0.00617.